The Morgan fingerprint density at radius 3 is 2.82 bits per heavy atom. The van der Waals surface area contributed by atoms with Crippen LogP contribution < -0.4 is 5.32 Å². The molecule has 6 nitrogen and oxygen atoms in total. The van der Waals surface area contributed by atoms with Gasteiger partial charge in [-0.25, -0.2) is 9.18 Å². The molecule has 1 fully saturated rings. The summed E-state index contributed by atoms with van der Waals surface area (Å²) in [7, 11) is 0. The van der Waals surface area contributed by atoms with E-state index in [2.05, 4.69) is 11.4 Å². The Morgan fingerprint density at radius 2 is 2.09 bits per heavy atom. The zero-order chi connectivity index (χ0) is 23.4. The molecule has 3 aliphatic heterocycles. The van der Waals surface area contributed by atoms with E-state index in [0.717, 1.165) is 25.1 Å². The average Bonchev–Trinajstić information content (AvgIpc) is 2.85. The molecule has 3 aliphatic rings. The van der Waals surface area contributed by atoms with Crippen LogP contribution in [-0.4, -0.2) is 67.9 Å². The van der Waals surface area contributed by atoms with Crippen LogP contribution >= 0.6 is 23.2 Å². The molecular formula is C24H28Cl2FN3O3. The molecule has 0 saturated carbocycles. The van der Waals surface area contributed by atoms with Gasteiger partial charge in [-0.1, -0.05) is 29.3 Å². The largest absolute Gasteiger partial charge is 0.495 e. The van der Waals surface area contributed by atoms with Crippen LogP contribution in [0, 0.1) is 5.82 Å². The van der Waals surface area contributed by atoms with Gasteiger partial charge >= 0.3 is 6.03 Å². The topological polar surface area (TPSA) is 54.0 Å². The van der Waals surface area contributed by atoms with Crippen molar-refractivity contribution in [1.82, 2.24) is 15.1 Å². The molecule has 0 aromatic heterocycles. The molecule has 0 aliphatic carbocycles. The minimum absolute atomic E-state index is 0.0151. The number of carbonyl (C=O) groups excluding carboxylic acids is 1. The third kappa shape index (κ3) is 5.54. The molecule has 0 spiro atoms. The van der Waals surface area contributed by atoms with Gasteiger partial charge in [0.05, 0.1) is 30.9 Å². The standard InChI is InChI=1S/C24H28Cl2FN3O3/c1-16-22(33-11-6-19-20(25)2-3-21(27)23(19)26)14-18(17-4-7-28-8-5-17)15-30(16)24(31)29-9-12-32-13-10-29/h2-4,14-16,28H,5-13H2,1H3. The number of nitrogens with one attached hydrogen (secondary N) is 1. The summed E-state index contributed by atoms with van der Waals surface area (Å²) in [5, 5.41) is 3.73. The van der Waals surface area contributed by atoms with E-state index in [-0.39, 0.29) is 23.7 Å². The number of allylic oxidation sites excluding steroid dienone is 2. The first-order valence-electron chi connectivity index (χ1n) is 11.2. The number of nitrogens with zero attached hydrogens (tertiary/aromatic N) is 2. The molecule has 0 radical (unpaired) electrons. The van der Waals surface area contributed by atoms with Crippen LogP contribution in [0.2, 0.25) is 10.0 Å². The van der Waals surface area contributed by atoms with Gasteiger partial charge in [0.15, 0.2) is 0 Å². The van der Waals surface area contributed by atoms with Crippen LogP contribution in [0.3, 0.4) is 0 Å². The fraction of sp³-hybridized carbons (Fsp3) is 0.458. The van der Waals surface area contributed by atoms with Gasteiger partial charge in [-0.2, -0.15) is 0 Å². The summed E-state index contributed by atoms with van der Waals surface area (Å²) in [6, 6.07) is 2.39. The molecule has 33 heavy (non-hydrogen) atoms. The van der Waals surface area contributed by atoms with Gasteiger partial charge in [-0.15, -0.1) is 0 Å². The van der Waals surface area contributed by atoms with E-state index >= 15 is 0 Å². The normalized spacial score (nSPS) is 21.3. The maximum atomic E-state index is 13.9. The van der Waals surface area contributed by atoms with Crippen molar-refractivity contribution in [1.29, 1.82) is 0 Å². The van der Waals surface area contributed by atoms with Crippen molar-refractivity contribution in [2.75, 3.05) is 46.0 Å². The van der Waals surface area contributed by atoms with Crippen molar-refractivity contribution in [3.63, 3.8) is 0 Å². The third-order valence-corrected chi connectivity index (χ3v) is 6.86. The van der Waals surface area contributed by atoms with E-state index in [1.54, 1.807) is 9.80 Å². The Labute approximate surface area is 203 Å². The number of urea groups is 1. The highest BCUT2D eigenvalue weighted by Gasteiger charge is 2.31. The van der Waals surface area contributed by atoms with Crippen LogP contribution in [0.15, 0.2) is 47.4 Å². The number of hydrogen-bond acceptors (Lipinski definition) is 4. The maximum absolute atomic E-state index is 13.9. The Bertz CT molecular complexity index is 989. The maximum Gasteiger partial charge on any atom is 0.324 e. The van der Waals surface area contributed by atoms with Crippen LogP contribution in [0.25, 0.3) is 0 Å². The number of halogens is 3. The smallest absolute Gasteiger partial charge is 0.324 e. The summed E-state index contributed by atoms with van der Waals surface area (Å²) in [5.74, 6) is 0.170. The molecule has 178 valence electrons. The van der Waals surface area contributed by atoms with E-state index < -0.39 is 5.82 Å². The number of carbonyl (C=O) groups is 1. The summed E-state index contributed by atoms with van der Waals surface area (Å²) in [6.07, 6.45) is 7.29. The molecule has 1 saturated heterocycles. The lowest BCUT2D eigenvalue weighted by atomic mass is 9.96. The number of benzene rings is 1. The summed E-state index contributed by atoms with van der Waals surface area (Å²) < 4.78 is 25.4. The molecule has 9 heteroatoms. The lowest BCUT2D eigenvalue weighted by Gasteiger charge is -2.37. The minimum atomic E-state index is -0.508. The second kappa shape index (κ2) is 10.9. The van der Waals surface area contributed by atoms with Crippen molar-refractivity contribution in [2.45, 2.75) is 25.8 Å². The summed E-state index contributed by atoms with van der Waals surface area (Å²) in [5.41, 5.74) is 2.66. The fourth-order valence-corrected chi connectivity index (χ4v) is 4.70. The molecule has 4 rings (SSSR count). The van der Waals surface area contributed by atoms with Gasteiger partial charge in [-0.05, 0) is 54.8 Å². The third-order valence-electron chi connectivity index (χ3n) is 6.10. The molecule has 1 N–H and O–H groups in total. The summed E-state index contributed by atoms with van der Waals surface area (Å²) in [4.78, 5) is 16.9. The average molecular weight is 496 g/mol. The number of rotatable bonds is 5. The molecule has 3 heterocycles. The second-order valence-electron chi connectivity index (χ2n) is 8.20. The first-order valence-corrected chi connectivity index (χ1v) is 11.9. The van der Waals surface area contributed by atoms with Crippen molar-refractivity contribution in [3.8, 4) is 0 Å². The highest BCUT2D eigenvalue weighted by molar-refractivity contribution is 6.36. The van der Waals surface area contributed by atoms with Crippen molar-refractivity contribution >= 4 is 29.2 Å². The van der Waals surface area contributed by atoms with Crippen molar-refractivity contribution in [2.24, 2.45) is 0 Å². The Kier molecular flexibility index (Phi) is 7.96. The first kappa shape index (κ1) is 24.1. The zero-order valence-corrected chi connectivity index (χ0v) is 20.1. The van der Waals surface area contributed by atoms with Gasteiger partial charge < -0.3 is 19.7 Å². The highest BCUT2D eigenvalue weighted by Crippen LogP contribution is 2.31. The van der Waals surface area contributed by atoms with Crippen LogP contribution in [0.5, 0.6) is 0 Å². The summed E-state index contributed by atoms with van der Waals surface area (Å²) in [6.45, 7) is 6.08. The van der Waals surface area contributed by atoms with Crippen LogP contribution in [0.4, 0.5) is 9.18 Å². The van der Waals surface area contributed by atoms with E-state index in [4.69, 9.17) is 32.7 Å². The molecule has 1 unspecified atom stereocenters. The molecule has 1 aromatic rings. The Balaban J connectivity index is 1.53. The summed E-state index contributed by atoms with van der Waals surface area (Å²) >= 11 is 12.3. The van der Waals surface area contributed by atoms with Crippen molar-refractivity contribution in [3.05, 3.63) is 68.8 Å². The number of morpholine rings is 1. The molecular weight excluding hydrogens is 468 g/mol. The molecule has 1 atom stereocenters. The van der Waals surface area contributed by atoms with Gasteiger partial charge in [-0.3, -0.25) is 4.90 Å². The number of amides is 2. The lowest BCUT2D eigenvalue weighted by Crippen LogP contribution is -2.50. The minimum Gasteiger partial charge on any atom is -0.495 e. The molecule has 2 amide bonds. The highest BCUT2D eigenvalue weighted by atomic mass is 35.5. The van der Waals surface area contributed by atoms with Crippen LogP contribution in [0.1, 0.15) is 18.9 Å². The predicted octanol–water partition coefficient (Wildman–Crippen LogP) is 4.54. The van der Waals surface area contributed by atoms with Crippen LogP contribution in [-0.2, 0) is 15.9 Å². The monoisotopic (exact) mass is 495 g/mol. The Morgan fingerprint density at radius 1 is 1.30 bits per heavy atom. The first-order chi connectivity index (χ1) is 16.0. The quantitative estimate of drug-likeness (QED) is 0.609. The van der Waals surface area contributed by atoms with E-state index in [9.17, 15) is 9.18 Å². The van der Waals surface area contributed by atoms with E-state index in [1.165, 1.54) is 17.7 Å². The van der Waals surface area contributed by atoms with Gasteiger partial charge in [0.2, 0.25) is 0 Å². The van der Waals surface area contributed by atoms with E-state index in [0.29, 0.717) is 49.1 Å². The lowest BCUT2D eigenvalue weighted by molar-refractivity contribution is 0.0428. The zero-order valence-electron chi connectivity index (χ0n) is 18.6. The number of ether oxygens (including phenoxy) is 2. The molecule has 1 aromatic carbocycles. The molecule has 0 bridgehead atoms. The fourth-order valence-electron chi connectivity index (χ4n) is 4.14. The SMILES string of the molecule is CC1C(OCCc2c(Cl)ccc(F)c2Cl)=CC(C2=CCNCC2)=CN1C(=O)N1CCOCC1. The number of hydrogen-bond donors (Lipinski definition) is 1. The van der Waals surface area contributed by atoms with Crippen molar-refractivity contribution < 1.29 is 18.7 Å². The predicted molar refractivity (Wildman–Crippen MR) is 127 cm³/mol. The second-order valence-corrected chi connectivity index (χ2v) is 8.99. The Hall–Kier alpha value is -2.06. The van der Waals surface area contributed by atoms with E-state index in [1.807, 2.05) is 19.2 Å². The van der Waals surface area contributed by atoms with Gasteiger partial charge in [0, 0.05) is 37.3 Å². The van der Waals surface area contributed by atoms with Gasteiger partial charge in [0.1, 0.15) is 11.6 Å². The van der Waals surface area contributed by atoms with Gasteiger partial charge in [0.25, 0.3) is 0 Å².